The molecule has 0 aliphatic heterocycles. The van der Waals surface area contributed by atoms with Gasteiger partial charge in [0.1, 0.15) is 0 Å². The van der Waals surface area contributed by atoms with Crippen molar-refractivity contribution in [3.63, 3.8) is 0 Å². The molecule has 20 heavy (non-hydrogen) atoms. The monoisotopic (exact) mass is 297 g/mol. The molecule has 0 radical (unpaired) electrons. The van der Waals surface area contributed by atoms with Crippen LogP contribution in [0.2, 0.25) is 0 Å². The largest absolute Gasteiger partial charge is 0.388 e. The Hall–Kier alpha value is -1.66. The van der Waals surface area contributed by atoms with Gasteiger partial charge in [-0.3, -0.25) is 4.28 Å². The highest BCUT2D eigenvalue weighted by atomic mass is 32.2. The van der Waals surface area contributed by atoms with Crippen molar-refractivity contribution >= 4 is 15.8 Å². The first-order valence-electron chi connectivity index (χ1n) is 6.11. The van der Waals surface area contributed by atoms with Crippen LogP contribution in [-0.4, -0.2) is 31.6 Å². The van der Waals surface area contributed by atoms with E-state index in [1.54, 1.807) is 6.92 Å². The van der Waals surface area contributed by atoms with E-state index in [2.05, 4.69) is 16.0 Å². The zero-order valence-electron chi connectivity index (χ0n) is 11.6. The van der Waals surface area contributed by atoms with Gasteiger partial charge in [0.2, 0.25) is 0 Å². The Morgan fingerprint density at radius 3 is 2.55 bits per heavy atom. The summed E-state index contributed by atoms with van der Waals surface area (Å²) in [6, 6.07) is 9.54. The highest BCUT2D eigenvalue weighted by Crippen LogP contribution is 2.16. The molecule has 0 heterocycles. The van der Waals surface area contributed by atoms with E-state index in [-0.39, 0.29) is 0 Å². The second kappa shape index (κ2) is 7.21. The minimum atomic E-state index is -3.65. The summed E-state index contributed by atoms with van der Waals surface area (Å²) in [5.41, 5.74) is 1.40. The summed E-state index contributed by atoms with van der Waals surface area (Å²) in [5, 5.41) is 13.6. The lowest BCUT2D eigenvalue weighted by Crippen LogP contribution is -2.27. The molecule has 5 nitrogen and oxygen atoms in total. The van der Waals surface area contributed by atoms with Crippen LogP contribution in [0, 0.1) is 5.92 Å². The van der Waals surface area contributed by atoms with Crippen LogP contribution >= 0.6 is 0 Å². The Morgan fingerprint density at radius 2 is 2.05 bits per heavy atom. The smallest absolute Gasteiger partial charge is 0.325 e. The third-order valence-electron chi connectivity index (χ3n) is 2.81. The number of hydrogen-bond acceptors (Lipinski definition) is 5. The van der Waals surface area contributed by atoms with Crippen LogP contribution in [0.3, 0.4) is 0 Å². The number of benzene rings is 1. The van der Waals surface area contributed by atoms with Gasteiger partial charge in [-0.2, -0.15) is 8.42 Å². The van der Waals surface area contributed by atoms with Crippen molar-refractivity contribution in [1.29, 1.82) is 0 Å². The van der Waals surface area contributed by atoms with Crippen LogP contribution < -0.4 is 0 Å². The van der Waals surface area contributed by atoms with Crippen LogP contribution in [0.4, 0.5) is 0 Å². The van der Waals surface area contributed by atoms with Gasteiger partial charge < -0.3 is 5.11 Å². The number of nitrogens with zero attached hydrogens (tertiary/aromatic N) is 1. The fourth-order valence-electron chi connectivity index (χ4n) is 1.74. The molecule has 1 N–H and O–H groups in total. The van der Waals surface area contributed by atoms with E-state index in [9.17, 15) is 13.5 Å². The Morgan fingerprint density at radius 1 is 1.45 bits per heavy atom. The molecule has 2 unspecified atom stereocenters. The molecule has 0 aromatic heterocycles. The van der Waals surface area contributed by atoms with Crippen molar-refractivity contribution in [1.82, 2.24) is 0 Å². The van der Waals surface area contributed by atoms with Gasteiger partial charge in [-0.1, -0.05) is 41.6 Å². The quantitative estimate of drug-likeness (QED) is 0.472. The summed E-state index contributed by atoms with van der Waals surface area (Å²) in [4.78, 5) is 0. The Labute approximate surface area is 119 Å². The fourth-order valence-corrected chi connectivity index (χ4v) is 2.00. The van der Waals surface area contributed by atoms with E-state index in [4.69, 9.17) is 0 Å². The van der Waals surface area contributed by atoms with E-state index in [0.717, 1.165) is 11.8 Å². The molecule has 0 saturated heterocycles. The van der Waals surface area contributed by atoms with Crippen molar-refractivity contribution in [2.45, 2.75) is 19.4 Å². The molecule has 0 bridgehead atoms. The van der Waals surface area contributed by atoms with Gasteiger partial charge in [-0.25, -0.2) is 0 Å². The van der Waals surface area contributed by atoms with E-state index in [1.165, 1.54) is 6.08 Å². The minimum Gasteiger partial charge on any atom is -0.388 e. The molecule has 6 heteroatoms. The first kappa shape index (κ1) is 16.4. The second-order valence-corrected chi connectivity index (χ2v) is 6.09. The molecule has 0 spiro atoms. The average molecular weight is 297 g/mol. The van der Waals surface area contributed by atoms with Crippen LogP contribution in [0.1, 0.15) is 12.5 Å². The molecule has 2 atom stereocenters. The Balaban J connectivity index is 2.92. The van der Waals surface area contributed by atoms with E-state index < -0.39 is 22.1 Å². The topological polar surface area (TPSA) is 76.0 Å². The van der Waals surface area contributed by atoms with E-state index in [1.807, 2.05) is 30.3 Å². The minimum absolute atomic E-state index is 0.392. The number of oxime groups is 1. The van der Waals surface area contributed by atoms with Crippen molar-refractivity contribution < 1.29 is 17.8 Å². The standard InChI is InChI=1S/C14H19NO4S/c1-4-14(16)13(10-12-8-6-5-7-9-12)11(2)15-19-20(3,17)18/h4-9,13-14,16H,1,10H2,2-3H3. The number of aliphatic hydroxyl groups is 1. The van der Waals surface area contributed by atoms with Crippen LogP contribution in [0.15, 0.2) is 48.1 Å². The third kappa shape index (κ3) is 5.54. The summed E-state index contributed by atoms with van der Waals surface area (Å²) in [6.07, 6.45) is 1.99. The predicted molar refractivity (Wildman–Crippen MR) is 78.9 cm³/mol. The van der Waals surface area contributed by atoms with Crippen molar-refractivity contribution in [3.05, 3.63) is 48.6 Å². The van der Waals surface area contributed by atoms with Gasteiger partial charge in [0.15, 0.2) is 0 Å². The summed E-state index contributed by atoms with van der Waals surface area (Å²) >= 11 is 0. The normalized spacial score (nSPS) is 15.4. The SMILES string of the molecule is C=CC(O)C(Cc1ccccc1)C(C)=NOS(C)(=O)=O. The number of rotatable bonds is 7. The third-order valence-corrected chi connectivity index (χ3v) is 3.15. The summed E-state index contributed by atoms with van der Waals surface area (Å²) in [5.74, 6) is -0.392. The molecule has 0 saturated carbocycles. The maximum Gasteiger partial charge on any atom is 0.325 e. The highest BCUT2D eigenvalue weighted by Gasteiger charge is 2.21. The average Bonchev–Trinajstić information content (AvgIpc) is 2.41. The van der Waals surface area contributed by atoms with E-state index >= 15 is 0 Å². The van der Waals surface area contributed by atoms with Gasteiger partial charge >= 0.3 is 10.1 Å². The number of hydrogen-bond donors (Lipinski definition) is 1. The Kier molecular flexibility index (Phi) is 5.91. The van der Waals surface area contributed by atoms with Crippen LogP contribution in [-0.2, 0) is 20.8 Å². The molecular formula is C14H19NO4S. The second-order valence-electron chi connectivity index (χ2n) is 4.53. The lowest BCUT2D eigenvalue weighted by atomic mass is 9.90. The summed E-state index contributed by atoms with van der Waals surface area (Å²) in [6.45, 7) is 5.17. The molecule has 0 amide bonds. The first-order valence-corrected chi connectivity index (χ1v) is 7.93. The van der Waals surface area contributed by atoms with Crippen molar-refractivity contribution in [3.8, 4) is 0 Å². The predicted octanol–water partition coefficient (Wildman–Crippen LogP) is 1.74. The van der Waals surface area contributed by atoms with Crippen LogP contribution in [0.25, 0.3) is 0 Å². The van der Waals surface area contributed by atoms with Gasteiger partial charge in [-0.05, 0) is 18.9 Å². The maximum atomic E-state index is 10.9. The zero-order valence-corrected chi connectivity index (χ0v) is 12.4. The fraction of sp³-hybridized carbons (Fsp3) is 0.357. The summed E-state index contributed by atoms with van der Waals surface area (Å²) in [7, 11) is -3.65. The number of aliphatic hydroxyl groups excluding tert-OH is 1. The lowest BCUT2D eigenvalue weighted by Gasteiger charge is -2.19. The first-order chi connectivity index (χ1) is 9.33. The van der Waals surface area contributed by atoms with Crippen LogP contribution in [0.5, 0.6) is 0 Å². The molecule has 1 rings (SSSR count). The molecule has 0 fully saturated rings. The van der Waals surface area contributed by atoms with Gasteiger partial charge in [0, 0.05) is 5.92 Å². The summed E-state index contributed by atoms with van der Waals surface area (Å²) < 4.78 is 26.3. The zero-order chi connectivity index (χ0) is 15.2. The van der Waals surface area contributed by atoms with Gasteiger partial charge in [0.05, 0.1) is 18.1 Å². The van der Waals surface area contributed by atoms with Gasteiger partial charge in [0.25, 0.3) is 0 Å². The molecule has 0 aliphatic carbocycles. The molecule has 0 aliphatic rings. The Bertz CT molecular complexity index is 566. The molecular weight excluding hydrogens is 278 g/mol. The van der Waals surface area contributed by atoms with Crippen molar-refractivity contribution in [2.75, 3.05) is 6.26 Å². The highest BCUT2D eigenvalue weighted by molar-refractivity contribution is 7.85. The molecule has 1 aromatic carbocycles. The van der Waals surface area contributed by atoms with E-state index in [0.29, 0.717) is 12.1 Å². The maximum absolute atomic E-state index is 10.9. The van der Waals surface area contributed by atoms with Crippen molar-refractivity contribution in [2.24, 2.45) is 11.1 Å². The lowest BCUT2D eigenvalue weighted by molar-refractivity contribution is 0.182. The molecule has 1 aromatic rings. The van der Waals surface area contributed by atoms with Gasteiger partial charge in [-0.15, -0.1) is 6.58 Å². The molecule has 110 valence electrons.